The third kappa shape index (κ3) is 3.16. The average molecular weight is 358 g/mol. The Morgan fingerprint density at radius 1 is 1.42 bits per heavy atom. The van der Waals surface area contributed by atoms with Crippen LogP contribution in [0.25, 0.3) is 11.2 Å². The van der Waals surface area contributed by atoms with Gasteiger partial charge in [-0.1, -0.05) is 0 Å². The lowest BCUT2D eigenvalue weighted by Gasteiger charge is -2.16. The number of rotatable bonds is 5. The van der Waals surface area contributed by atoms with Crippen LogP contribution in [0.5, 0.6) is 0 Å². The Morgan fingerprint density at radius 2 is 2.17 bits per heavy atom. The van der Waals surface area contributed by atoms with E-state index < -0.39 is 32.1 Å². The maximum Gasteiger partial charge on any atom is 0.325 e. The van der Waals surface area contributed by atoms with Gasteiger partial charge in [-0.3, -0.25) is 9.13 Å². The molecule has 10 nitrogen and oxygen atoms in total. The summed E-state index contributed by atoms with van der Waals surface area (Å²) in [5.41, 5.74) is 1.83. The molecule has 0 amide bonds. The van der Waals surface area contributed by atoms with E-state index in [1.807, 2.05) is 0 Å². The number of hydrogen-bond acceptors (Lipinski definition) is 8. The summed E-state index contributed by atoms with van der Waals surface area (Å²) < 4.78 is 23.1. The van der Waals surface area contributed by atoms with Crippen molar-refractivity contribution in [2.45, 2.75) is 24.5 Å². The van der Waals surface area contributed by atoms with Gasteiger partial charge in [-0.2, -0.15) is 0 Å². The first-order valence-corrected chi connectivity index (χ1v) is 9.30. The van der Waals surface area contributed by atoms with Gasteiger partial charge in [0.2, 0.25) is 0 Å². The highest BCUT2D eigenvalue weighted by atomic mass is 31.2. The topological polar surface area (TPSA) is 139 Å². The summed E-state index contributed by atoms with van der Waals surface area (Å²) >= 11 is 0. The van der Waals surface area contributed by atoms with Crippen LogP contribution in [0.3, 0.4) is 0 Å². The lowest BCUT2D eigenvalue weighted by Crippen LogP contribution is -2.33. The maximum absolute atomic E-state index is 11.2. The number of aromatic nitrogens is 3. The molecule has 2 aromatic rings. The second-order valence-corrected chi connectivity index (χ2v) is 7.44. The maximum atomic E-state index is 11.2. The van der Waals surface area contributed by atoms with Crippen LogP contribution in [0.2, 0.25) is 0 Å². The van der Waals surface area contributed by atoms with Crippen LogP contribution in [0.1, 0.15) is 6.23 Å². The van der Waals surface area contributed by atoms with Gasteiger partial charge in [0.25, 0.3) is 0 Å². The summed E-state index contributed by atoms with van der Waals surface area (Å²) in [4.78, 5) is 17.7. The van der Waals surface area contributed by atoms with Crippen molar-refractivity contribution in [3.8, 4) is 0 Å². The number of anilines is 1. The molecule has 2 aromatic heterocycles. The SMILES string of the molecule is CNc1ccnc2c1ncn2[C@@H]1O[C@H](COP(C)(=O)O)[C@@H](O)[C@H]1O. The molecular weight excluding hydrogens is 339 g/mol. The number of fused-ring (bicyclic) bond motifs is 1. The molecule has 24 heavy (non-hydrogen) atoms. The smallest absolute Gasteiger partial charge is 0.325 e. The lowest BCUT2D eigenvalue weighted by molar-refractivity contribution is -0.0483. The first-order valence-electron chi connectivity index (χ1n) is 7.27. The fraction of sp³-hybridized carbons (Fsp3) is 0.538. The zero-order chi connectivity index (χ0) is 17.5. The van der Waals surface area contributed by atoms with Crippen LogP contribution >= 0.6 is 7.60 Å². The van der Waals surface area contributed by atoms with Crippen LogP contribution in [0.15, 0.2) is 18.6 Å². The fourth-order valence-corrected chi connectivity index (χ4v) is 3.05. The van der Waals surface area contributed by atoms with Crippen LogP contribution in [-0.2, 0) is 13.8 Å². The summed E-state index contributed by atoms with van der Waals surface area (Å²) in [6, 6.07) is 1.76. The highest BCUT2D eigenvalue weighted by molar-refractivity contribution is 7.51. The predicted molar refractivity (Wildman–Crippen MR) is 84.7 cm³/mol. The molecule has 132 valence electrons. The van der Waals surface area contributed by atoms with Crippen molar-refractivity contribution in [3.05, 3.63) is 18.6 Å². The van der Waals surface area contributed by atoms with Crippen molar-refractivity contribution in [1.82, 2.24) is 14.5 Å². The number of nitrogens with one attached hydrogen (secondary N) is 1. The van der Waals surface area contributed by atoms with Crippen molar-refractivity contribution >= 4 is 24.4 Å². The number of nitrogens with zero attached hydrogens (tertiary/aromatic N) is 3. The summed E-state index contributed by atoms with van der Waals surface area (Å²) in [6.45, 7) is 0.718. The molecule has 5 atom stereocenters. The number of pyridine rings is 1. The van der Waals surface area contributed by atoms with Crippen molar-refractivity contribution in [3.63, 3.8) is 0 Å². The highest BCUT2D eigenvalue weighted by Crippen LogP contribution is 2.39. The Bertz CT molecular complexity index is 777. The van der Waals surface area contributed by atoms with E-state index in [0.717, 1.165) is 12.4 Å². The molecule has 0 radical (unpaired) electrons. The third-order valence-corrected chi connectivity index (χ3v) is 4.45. The largest absolute Gasteiger partial charge is 0.387 e. The Balaban J connectivity index is 1.86. The Labute approximate surface area is 137 Å². The molecule has 1 aliphatic rings. The molecule has 3 rings (SSSR count). The van der Waals surface area contributed by atoms with Crippen molar-refractivity contribution in [2.75, 3.05) is 25.6 Å². The average Bonchev–Trinajstić information content (AvgIpc) is 3.07. The van der Waals surface area contributed by atoms with E-state index in [2.05, 4.69) is 15.3 Å². The first-order chi connectivity index (χ1) is 11.3. The Morgan fingerprint density at radius 3 is 2.83 bits per heavy atom. The molecule has 0 aliphatic carbocycles. The number of aliphatic hydroxyl groups excluding tert-OH is 2. The summed E-state index contributed by atoms with van der Waals surface area (Å²) in [5, 5.41) is 23.4. The normalized spacial score (nSPS) is 29.7. The van der Waals surface area contributed by atoms with Crippen molar-refractivity contribution < 1.29 is 28.9 Å². The molecule has 1 aliphatic heterocycles. The van der Waals surface area contributed by atoms with Gasteiger partial charge in [0.15, 0.2) is 11.9 Å². The molecule has 0 saturated carbocycles. The molecule has 4 N–H and O–H groups in total. The monoisotopic (exact) mass is 358 g/mol. The van der Waals surface area contributed by atoms with Crippen molar-refractivity contribution in [2.24, 2.45) is 0 Å². The molecular formula is C13H19N4O6P. The van der Waals surface area contributed by atoms with Crippen LogP contribution in [-0.4, -0.2) is 68.3 Å². The van der Waals surface area contributed by atoms with Crippen LogP contribution in [0.4, 0.5) is 5.69 Å². The van der Waals surface area contributed by atoms with Gasteiger partial charge in [0, 0.05) is 19.9 Å². The molecule has 1 fully saturated rings. The summed E-state index contributed by atoms with van der Waals surface area (Å²) in [5.74, 6) is 0. The van der Waals surface area contributed by atoms with E-state index >= 15 is 0 Å². The highest BCUT2D eigenvalue weighted by Gasteiger charge is 2.44. The standard InChI is InChI=1S/C13H19N4O6P/c1-14-7-3-4-15-12-9(7)16-6-17(12)13-11(19)10(18)8(23-13)5-22-24(2,20)21/h3-4,6,8,10-11,13,18-19H,5H2,1-2H3,(H,14,15)(H,20,21)/t8-,10-,11-,13-/m1/s1. The quantitative estimate of drug-likeness (QED) is 0.541. The summed E-state index contributed by atoms with van der Waals surface area (Å²) in [7, 11) is -1.95. The predicted octanol–water partition coefficient (Wildman–Crippen LogP) is -0.0760. The Hall–Kier alpha value is -1.55. The van der Waals surface area contributed by atoms with Crippen LogP contribution in [0, 0.1) is 0 Å². The molecule has 3 heterocycles. The van der Waals surface area contributed by atoms with Crippen molar-refractivity contribution in [1.29, 1.82) is 0 Å². The van der Waals surface area contributed by atoms with Crippen LogP contribution < -0.4 is 5.32 Å². The van der Waals surface area contributed by atoms with E-state index in [0.29, 0.717) is 11.2 Å². The van der Waals surface area contributed by atoms with Gasteiger partial charge in [0.05, 0.1) is 18.6 Å². The molecule has 0 spiro atoms. The minimum atomic E-state index is -3.71. The molecule has 11 heteroatoms. The number of aliphatic hydroxyl groups is 2. The molecule has 1 unspecified atom stereocenters. The second-order valence-electron chi connectivity index (χ2n) is 5.58. The van der Waals surface area contributed by atoms with Gasteiger partial charge >= 0.3 is 7.60 Å². The first kappa shape index (κ1) is 17.3. The van der Waals surface area contributed by atoms with Gasteiger partial charge in [-0.05, 0) is 6.07 Å². The second kappa shape index (κ2) is 6.40. The zero-order valence-corrected chi connectivity index (χ0v) is 14.0. The zero-order valence-electron chi connectivity index (χ0n) is 13.1. The number of imidazole rings is 1. The van der Waals surface area contributed by atoms with E-state index in [1.54, 1.807) is 19.3 Å². The minimum absolute atomic E-state index is 0.319. The third-order valence-electron chi connectivity index (χ3n) is 3.82. The number of ether oxygens (including phenoxy) is 1. The molecule has 1 saturated heterocycles. The van der Waals surface area contributed by atoms with Gasteiger partial charge in [-0.15, -0.1) is 0 Å². The van der Waals surface area contributed by atoms with E-state index in [4.69, 9.17) is 9.26 Å². The Kier molecular flexibility index (Phi) is 4.60. The van der Waals surface area contributed by atoms with E-state index in [9.17, 15) is 19.7 Å². The molecule has 0 bridgehead atoms. The van der Waals surface area contributed by atoms with Gasteiger partial charge in [-0.25, -0.2) is 9.97 Å². The summed E-state index contributed by atoms with van der Waals surface area (Å²) in [6.07, 6.45) is -1.37. The van der Waals surface area contributed by atoms with E-state index in [-0.39, 0.29) is 6.61 Å². The minimum Gasteiger partial charge on any atom is -0.387 e. The van der Waals surface area contributed by atoms with Gasteiger partial charge in [0.1, 0.15) is 23.8 Å². The van der Waals surface area contributed by atoms with E-state index in [1.165, 1.54) is 10.9 Å². The fourth-order valence-electron chi connectivity index (χ4n) is 2.63. The van der Waals surface area contributed by atoms with Gasteiger partial charge < -0.3 is 29.7 Å². The lowest BCUT2D eigenvalue weighted by atomic mass is 10.1. The number of hydrogen-bond donors (Lipinski definition) is 4. The molecule has 0 aromatic carbocycles.